The summed E-state index contributed by atoms with van der Waals surface area (Å²) in [5.74, 6) is 2.69. The minimum atomic E-state index is -1.36. The fourth-order valence-electron chi connectivity index (χ4n) is 1.38. The Labute approximate surface area is 100 Å². The van der Waals surface area contributed by atoms with Gasteiger partial charge in [-0.25, -0.2) is 0 Å². The Morgan fingerprint density at radius 1 is 1.38 bits per heavy atom. The zero-order chi connectivity index (χ0) is 13.0. The first-order valence-electron chi connectivity index (χ1n) is 5.56. The van der Waals surface area contributed by atoms with Crippen LogP contribution in [0.2, 0.25) is 19.6 Å². The molecular weight excluding hydrogens is 214 g/mol. The Hall–Kier alpha value is -1.06. The molecule has 0 aromatic heterocycles. The largest absolute Gasteiger partial charge is 0.282 e. The van der Waals surface area contributed by atoms with E-state index in [0.29, 0.717) is 6.42 Å². The molecule has 0 amide bonds. The topological polar surface area (TPSA) is 40.9 Å². The van der Waals surface area contributed by atoms with Crippen LogP contribution in [0.4, 0.5) is 0 Å². The van der Waals surface area contributed by atoms with E-state index in [1.165, 1.54) is 0 Å². The molecule has 1 unspecified atom stereocenters. The Balaban J connectivity index is 4.64. The molecule has 0 N–H and O–H groups in total. The third-order valence-corrected chi connectivity index (χ3v) is 3.03. The molecule has 0 aliphatic carbocycles. The van der Waals surface area contributed by atoms with Crippen LogP contribution in [-0.2, 0) is 4.79 Å². The van der Waals surface area contributed by atoms with Crippen molar-refractivity contribution in [2.75, 3.05) is 0 Å². The van der Waals surface area contributed by atoms with E-state index < -0.39 is 8.07 Å². The second-order valence-electron chi connectivity index (χ2n) is 5.97. The summed E-state index contributed by atoms with van der Waals surface area (Å²) in [6.45, 7) is 12.4. The van der Waals surface area contributed by atoms with Crippen LogP contribution in [0.3, 0.4) is 0 Å². The maximum absolute atomic E-state index is 11.2. The summed E-state index contributed by atoms with van der Waals surface area (Å²) in [6.07, 6.45) is 0.650. The summed E-state index contributed by atoms with van der Waals surface area (Å²) in [6, 6.07) is 1.68. The Morgan fingerprint density at radius 2 is 1.88 bits per heavy atom. The normalized spacial score (nSPS) is 13.3. The van der Waals surface area contributed by atoms with Crippen LogP contribution in [0.15, 0.2) is 0 Å². The van der Waals surface area contributed by atoms with Gasteiger partial charge in [-0.15, -0.1) is 11.5 Å². The van der Waals surface area contributed by atoms with E-state index in [1.54, 1.807) is 13.0 Å². The minimum absolute atomic E-state index is 0.188. The summed E-state index contributed by atoms with van der Waals surface area (Å²) in [4.78, 5) is 11.2. The van der Waals surface area contributed by atoms with Crippen molar-refractivity contribution in [2.45, 2.75) is 46.8 Å². The van der Waals surface area contributed by atoms with Gasteiger partial charge < -0.3 is 0 Å². The lowest BCUT2D eigenvalue weighted by molar-refractivity contribution is -0.117. The van der Waals surface area contributed by atoms with E-state index in [4.69, 9.17) is 5.26 Å². The maximum Gasteiger partial charge on any atom is 0.234 e. The lowest BCUT2D eigenvalue weighted by Gasteiger charge is -2.21. The molecule has 16 heavy (non-hydrogen) atoms. The van der Waals surface area contributed by atoms with Gasteiger partial charge in [-0.1, -0.05) is 26.6 Å². The Bertz CT molecular complexity index is 360. The molecule has 0 saturated carbocycles. The molecule has 0 saturated heterocycles. The van der Waals surface area contributed by atoms with E-state index in [2.05, 4.69) is 31.1 Å². The molecular formula is C13H21NOSi. The maximum atomic E-state index is 11.2. The number of carbonyl (C=O) groups excluding carboxylic acids is 1. The Kier molecular flexibility index (Phi) is 4.97. The summed E-state index contributed by atoms with van der Waals surface area (Å²) < 4.78 is 0. The number of hydrogen-bond acceptors (Lipinski definition) is 2. The third kappa shape index (κ3) is 6.43. The number of rotatable bonds is 3. The molecule has 0 aromatic carbocycles. The SMILES string of the molecule is CC(CC(C)(C)C#C[Si](C)(C)C)C(=O)C#N. The number of hydrogen-bond donors (Lipinski definition) is 0. The lowest BCUT2D eigenvalue weighted by atomic mass is 9.83. The fourth-order valence-corrected chi connectivity index (χ4v) is 2.09. The van der Waals surface area contributed by atoms with Gasteiger partial charge in [0.05, 0.1) is 0 Å². The van der Waals surface area contributed by atoms with E-state index in [0.717, 1.165) is 0 Å². The van der Waals surface area contributed by atoms with Gasteiger partial charge in [0.25, 0.3) is 0 Å². The lowest BCUT2D eigenvalue weighted by Crippen LogP contribution is -2.22. The van der Waals surface area contributed by atoms with Gasteiger partial charge in [-0.05, 0) is 20.3 Å². The molecule has 0 spiro atoms. The van der Waals surface area contributed by atoms with Crippen molar-refractivity contribution < 1.29 is 4.79 Å². The van der Waals surface area contributed by atoms with Crippen molar-refractivity contribution in [1.29, 1.82) is 5.26 Å². The zero-order valence-corrected chi connectivity index (χ0v) is 12.1. The second kappa shape index (κ2) is 5.32. The van der Waals surface area contributed by atoms with Crippen LogP contribution in [0.1, 0.15) is 27.2 Å². The summed E-state index contributed by atoms with van der Waals surface area (Å²) >= 11 is 0. The summed E-state index contributed by atoms with van der Waals surface area (Å²) in [5.41, 5.74) is 3.13. The number of ketones is 1. The first-order chi connectivity index (χ1) is 7.07. The van der Waals surface area contributed by atoms with Gasteiger partial charge in [-0.3, -0.25) is 4.79 Å². The molecule has 2 nitrogen and oxygen atoms in total. The van der Waals surface area contributed by atoms with Gasteiger partial charge in [-0.2, -0.15) is 5.26 Å². The smallest absolute Gasteiger partial charge is 0.234 e. The van der Waals surface area contributed by atoms with E-state index in [-0.39, 0.29) is 17.1 Å². The number of Topliss-reactive ketones (excluding diaryl/α,β-unsaturated/α-hetero) is 1. The van der Waals surface area contributed by atoms with Crippen LogP contribution < -0.4 is 0 Å². The van der Waals surface area contributed by atoms with Crippen LogP contribution in [-0.4, -0.2) is 13.9 Å². The van der Waals surface area contributed by atoms with E-state index in [9.17, 15) is 4.79 Å². The van der Waals surface area contributed by atoms with Crippen molar-refractivity contribution in [2.24, 2.45) is 11.3 Å². The highest BCUT2D eigenvalue weighted by molar-refractivity contribution is 6.83. The molecule has 1 atom stereocenters. The summed E-state index contributed by atoms with van der Waals surface area (Å²) in [5, 5.41) is 8.53. The monoisotopic (exact) mass is 235 g/mol. The molecule has 0 aliphatic heterocycles. The first kappa shape index (κ1) is 14.9. The van der Waals surface area contributed by atoms with Crippen molar-refractivity contribution in [1.82, 2.24) is 0 Å². The fraction of sp³-hybridized carbons (Fsp3) is 0.692. The van der Waals surface area contributed by atoms with Crippen LogP contribution in [0.5, 0.6) is 0 Å². The standard InChI is InChI=1S/C13H21NOSi/c1-11(12(15)10-14)9-13(2,3)7-8-16(4,5)6/h11H,9H2,1-6H3. The molecule has 0 bridgehead atoms. The molecule has 0 aliphatic rings. The number of nitrogens with zero attached hydrogens (tertiary/aromatic N) is 1. The van der Waals surface area contributed by atoms with Gasteiger partial charge >= 0.3 is 0 Å². The average molecular weight is 235 g/mol. The van der Waals surface area contributed by atoms with Gasteiger partial charge in [0.1, 0.15) is 14.1 Å². The summed E-state index contributed by atoms with van der Waals surface area (Å²) in [7, 11) is -1.36. The van der Waals surface area contributed by atoms with Crippen molar-refractivity contribution >= 4 is 13.9 Å². The zero-order valence-electron chi connectivity index (χ0n) is 11.1. The molecule has 0 radical (unpaired) electrons. The van der Waals surface area contributed by atoms with E-state index in [1.807, 2.05) is 13.8 Å². The molecule has 3 heteroatoms. The third-order valence-electron chi connectivity index (χ3n) is 2.15. The highest BCUT2D eigenvalue weighted by Crippen LogP contribution is 2.25. The predicted molar refractivity (Wildman–Crippen MR) is 69.3 cm³/mol. The van der Waals surface area contributed by atoms with Crippen LogP contribution in [0, 0.1) is 34.1 Å². The van der Waals surface area contributed by atoms with Gasteiger partial charge in [0, 0.05) is 11.3 Å². The minimum Gasteiger partial charge on any atom is -0.282 e. The van der Waals surface area contributed by atoms with Gasteiger partial charge in [0.15, 0.2) is 0 Å². The molecule has 88 valence electrons. The van der Waals surface area contributed by atoms with Crippen LogP contribution in [0.25, 0.3) is 0 Å². The molecule has 0 rings (SSSR count). The highest BCUT2D eigenvalue weighted by Gasteiger charge is 2.23. The Morgan fingerprint density at radius 3 is 2.25 bits per heavy atom. The van der Waals surface area contributed by atoms with Crippen molar-refractivity contribution in [3.8, 4) is 17.5 Å². The first-order valence-corrected chi connectivity index (χ1v) is 9.06. The molecule has 0 aromatic rings. The van der Waals surface area contributed by atoms with Crippen molar-refractivity contribution in [3.63, 3.8) is 0 Å². The number of carbonyl (C=O) groups is 1. The molecule has 0 heterocycles. The number of nitriles is 1. The quantitative estimate of drug-likeness (QED) is 0.428. The second-order valence-corrected chi connectivity index (χ2v) is 10.7. The predicted octanol–water partition coefficient (Wildman–Crippen LogP) is 3.01. The highest BCUT2D eigenvalue weighted by atomic mass is 28.3. The van der Waals surface area contributed by atoms with E-state index >= 15 is 0 Å². The van der Waals surface area contributed by atoms with Crippen LogP contribution >= 0.6 is 0 Å². The average Bonchev–Trinajstić information content (AvgIpc) is 2.12. The molecule has 0 fully saturated rings. The van der Waals surface area contributed by atoms with Crippen molar-refractivity contribution in [3.05, 3.63) is 0 Å². The van der Waals surface area contributed by atoms with Gasteiger partial charge in [0.2, 0.25) is 5.78 Å².